The van der Waals surface area contributed by atoms with Crippen LogP contribution in [0.4, 0.5) is 15.3 Å². The van der Waals surface area contributed by atoms with Crippen molar-refractivity contribution in [3.05, 3.63) is 60.2 Å². The Morgan fingerprint density at radius 2 is 1.76 bits per heavy atom. The summed E-state index contributed by atoms with van der Waals surface area (Å²) in [5, 5.41) is 16.4. The second-order valence-electron chi connectivity index (χ2n) is 10.8. The molecule has 5 atom stereocenters. The van der Waals surface area contributed by atoms with Crippen molar-refractivity contribution < 1.29 is 42.1 Å². The molecular formula is C29H39N3O9S. The van der Waals surface area contributed by atoms with Crippen LogP contribution < -0.4 is 10.6 Å². The first-order chi connectivity index (χ1) is 20.1. The summed E-state index contributed by atoms with van der Waals surface area (Å²) in [6.45, 7) is 4.45. The van der Waals surface area contributed by atoms with Gasteiger partial charge >= 0.3 is 12.2 Å². The number of hydrogen-bond acceptors (Lipinski definition) is 9. The molecule has 2 fully saturated rings. The van der Waals surface area contributed by atoms with Gasteiger partial charge in [-0.05, 0) is 48.6 Å². The van der Waals surface area contributed by atoms with Gasteiger partial charge in [-0.3, -0.25) is 5.32 Å². The molecule has 230 valence electrons. The maximum atomic E-state index is 13.7. The molecule has 13 heteroatoms. The van der Waals surface area contributed by atoms with E-state index in [1.807, 2.05) is 44.2 Å². The molecule has 12 nitrogen and oxygen atoms in total. The number of methoxy groups -OCH3 is 1. The number of carbonyl (C=O) groups is 2. The summed E-state index contributed by atoms with van der Waals surface area (Å²) in [7, 11) is -2.83. The Morgan fingerprint density at radius 1 is 1.05 bits per heavy atom. The van der Waals surface area contributed by atoms with E-state index in [1.54, 1.807) is 0 Å². The van der Waals surface area contributed by atoms with Crippen molar-refractivity contribution in [2.75, 3.05) is 38.7 Å². The zero-order valence-electron chi connectivity index (χ0n) is 24.0. The minimum atomic E-state index is -4.05. The molecule has 2 heterocycles. The SMILES string of the molecule is COC(=O)NC(Cc1ccccc1)C(O)CN(CC(C)C)S(=O)(=O)c1ccc(NC(=O)O[C@@H]2CO[C@@H]3OCC[C@@H]32)cc1. The Labute approximate surface area is 246 Å². The van der Waals surface area contributed by atoms with Crippen molar-refractivity contribution in [2.45, 2.75) is 56.1 Å². The summed E-state index contributed by atoms with van der Waals surface area (Å²) in [6, 6.07) is 14.2. The molecule has 2 aromatic rings. The van der Waals surface area contributed by atoms with Crippen LogP contribution in [0.3, 0.4) is 0 Å². The average molecular weight is 606 g/mol. The van der Waals surface area contributed by atoms with Gasteiger partial charge in [-0.15, -0.1) is 0 Å². The highest BCUT2D eigenvalue weighted by atomic mass is 32.2. The summed E-state index contributed by atoms with van der Waals surface area (Å²) in [4.78, 5) is 24.5. The number of rotatable bonds is 12. The molecule has 0 saturated carbocycles. The van der Waals surface area contributed by atoms with Gasteiger partial charge in [-0.1, -0.05) is 44.2 Å². The minimum absolute atomic E-state index is 0.000620. The summed E-state index contributed by atoms with van der Waals surface area (Å²) in [6.07, 6.45) is -2.37. The Balaban J connectivity index is 1.43. The van der Waals surface area contributed by atoms with Crippen molar-refractivity contribution >= 4 is 27.9 Å². The van der Waals surface area contributed by atoms with Crippen LogP contribution in [0.5, 0.6) is 0 Å². The first-order valence-corrected chi connectivity index (χ1v) is 15.4. The number of ether oxygens (including phenoxy) is 4. The number of nitrogens with zero attached hydrogens (tertiary/aromatic N) is 1. The summed E-state index contributed by atoms with van der Waals surface area (Å²) in [5.41, 5.74) is 1.22. The highest BCUT2D eigenvalue weighted by molar-refractivity contribution is 7.89. The monoisotopic (exact) mass is 605 g/mol. The van der Waals surface area contributed by atoms with Gasteiger partial charge in [-0.25, -0.2) is 18.0 Å². The van der Waals surface area contributed by atoms with E-state index in [0.29, 0.717) is 12.3 Å². The molecular weight excluding hydrogens is 566 g/mol. The predicted octanol–water partition coefficient (Wildman–Crippen LogP) is 2.97. The number of fused-ring (bicyclic) bond motifs is 1. The molecule has 42 heavy (non-hydrogen) atoms. The number of alkyl carbamates (subject to hydrolysis) is 1. The van der Waals surface area contributed by atoms with Crippen LogP contribution in [0.1, 0.15) is 25.8 Å². The fourth-order valence-electron chi connectivity index (χ4n) is 5.07. The quantitative estimate of drug-likeness (QED) is 0.331. The van der Waals surface area contributed by atoms with Crippen molar-refractivity contribution in [1.29, 1.82) is 0 Å². The Morgan fingerprint density at radius 3 is 2.43 bits per heavy atom. The third-order valence-corrected chi connectivity index (χ3v) is 9.04. The molecule has 0 aliphatic carbocycles. The molecule has 2 amide bonds. The van der Waals surface area contributed by atoms with Crippen LogP contribution in [0.2, 0.25) is 0 Å². The summed E-state index contributed by atoms with van der Waals surface area (Å²) >= 11 is 0. The van der Waals surface area contributed by atoms with Crippen LogP contribution in [0.25, 0.3) is 0 Å². The lowest BCUT2D eigenvalue weighted by Gasteiger charge is -2.30. The molecule has 2 unspecified atom stereocenters. The van der Waals surface area contributed by atoms with Crippen LogP contribution >= 0.6 is 0 Å². The van der Waals surface area contributed by atoms with Crippen LogP contribution in [0, 0.1) is 11.8 Å². The molecule has 0 spiro atoms. The first kappa shape index (κ1) is 31.7. The normalized spacial score (nSPS) is 21.5. The van der Waals surface area contributed by atoms with E-state index in [9.17, 15) is 23.1 Å². The largest absolute Gasteiger partial charge is 0.453 e. The van der Waals surface area contributed by atoms with Gasteiger partial charge in [0.2, 0.25) is 10.0 Å². The number of amides is 2. The number of nitrogens with one attached hydrogen (secondary N) is 2. The van der Waals surface area contributed by atoms with E-state index in [2.05, 4.69) is 10.6 Å². The Hall–Kier alpha value is -3.23. The number of carbonyl (C=O) groups excluding carboxylic acids is 2. The summed E-state index contributed by atoms with van der Waals surface area (Å²) in [5.74, 6) is -0.0473. The van der Waals surface area contributed by atoms with Gasteiger partial charge in [0.05, 0.1) is 43.3 Å². The Bertz CT molecular complexity index is 1290. The van der Waals surface area contributed by atoms with Crippen molar-refractivity contribution in [1.82, 2.24) is 9.62 Å². The zero-order chi connectivity index (χ0) is 30.3. The standard InChI is InChI=1S/C29H39N3O9S/c1-19(2)16-32(17-25(33)24(31-28(34)38-3)15-20-7-5-4-6-8-20)42(36,37)22-11-9-21(10-12-22)30-29(35)41-26-18-40-27-23(26)13-14-39-27/h4-12,19,23-27,33H,13-18H2,1-3H3,(H,30,35)(H,31,34)/t23-,24?,25?,26-,27+/m1/s1. The van der Waals surface area contributed by atoms with Crippen molar-refractivity contribution in [3.63, 3.8) is 0 Å². The van der Waals surface area contributed by atoms with E-state index in [4.69, 9.17) is 18.9 Å². The predicted molar refractivity (Wildman–Crippen MR) is 153 cm³/mol. The first-order valence-electron chi connectivity index (χ1n) is 13.9. The average Bonchev–Trinajstić information content (AvgIpc) is 3.58. The van der Waals surface area contributed by atoms with Crippen LogP contribution in [-0.4, -0.2) is 88.0 Å². The van der Waals surface area contributed by atoms with E-state index < -0.39 is 40.5 Å². The number of anilines is 1. The maximum Gasteiger partial charge on any atom is 0.411 e. The highest BCUT2D eigenvalue weighted by Crippen LogP contribution is 2.33. The topological polar surface area (TPSA) is 153 Å². The second-order valence-corrected chi connectivity index (χ2v) is 12.8. The molecule has 2 aliphatic rings. The molecule has 0 bridgehead atoms. The number of aliphatic hydroxyl groups is 1. The van der Waals surface area contributed by atoms with Crippen LogP contribution in [-0.2, 0) is 35.4 Å². The van der Waals surface area contributed by atoms with E-state index >= 15 is 0 Å². The fourth-order valence-corrected chi connectivity index (χ4v) is 6.69. The number of benzene rings is 2. The lowest BCUT2D eigenvalue weighted by Crippen LogP contribution is -2.51. The van der Waals surface area contributed by atoms with Gasteiger partial charge in [0, 0.05) is 18.8 Å². The fraction of sp³-hybridized carbons (Fsp3) is 0.517. The highest BCUT2D eigenvalue weighted by Gasteiger charge is 2.44. The molecule has 2 aromatic carbocycles. The van der Waals surface area contributed by atoms with Gasteiger partial charge in [0.15, 0.2) is 6.29 Å². The smallest absolute Gasteiger partial charge is 0.411 e. The lowest BCUT2D eigenvalue weighted by molar-refractivity contribution is -0.0907. The molecule has 4 rings (SSSR count). The Kier molecular flexibility index (Phi) is 10.8. The van der Waals surface area contributed by atoms with Gasteiger partial charge in [-0.2, -0.15) is 4.31 Å². The van der Waals surface area contributed by atoms with Crippen LogP contribution in [0.15, 0.2) is 59.5 Å². The molecule has 2 saturated heterocycles. The second kappa shape index (κ2) is 14.3. The van der Waals surface area contributed by atoms with Crippen molar-refractivity contribution in [2.24, 2.45) is 11.8 Å². The van der Waals surface area contributed by atoms with E-state index in [1.165, 1.54) is 35.7 Å². The minimum Gasteiger partial charge on any atom is -0.453 e. The van der Waals surface area contributed by atoms with Gasteiger partial charge in [0.25, 0.3) is 0 Å². The summed E-state index contributed by atoms with van der Waals surface area (Å²) < 4.78 is 49.8. The molecule has 2 aliphatic heterocycles. The maximum absolute atomic E-state index is 13.7. The number of sulfonamides is 1. The zero-order valence-corrected chi connectivity index (χ0v) is 24.8. The van der Waals surface area contributed by atoms with E-state index in [-0.39, 0.29) is 49.1 Å². The molecule has 3 N–H and O–H groups in total. The lowest BCUT2D eigenvalue weighted by atomic mass is 10.0. The van der Waals surface area contributed by atoms with E-state index in [0.717, 1.165) is 12.0 Å². The van der Waals surface area contributed by atoms with Gasteiger partial charge < -0.3 is 29.4 Å². The van der Waals surface area contributed by atoms with Crippen molar-refractivity contribution in [3.8, 4) is 0 Å². The third-order valence-electron chi connectivity index (χ3n) is 7.19. The third kappa shape index (κ3) is 8.19. The number of hydrogen-bond donors (Lipinski definition) is 3. The molecule has 0 radical (unpaired) electrons. The molecule has 0 aromatic heterocycles. The number of aliphatic hydroxyl groups excluding tert-OH is 1. The van der Waals surface area contributed by atoms with Gasteiger partial charge in [0.1, 0.15) is 6.10 Å².